The van der Waals surface area contributed by atoms with Gasteiger partial charge in [-0.25, -0.2) is 9.97 Å². The highest BCUT2D eigenvalue weighted by Gasteiger charge is 2.21. The SMILES string of the molecule is CN(c1cc(NCC2CCC2)ncn1)C1CCNC1. The van der Waals surface area contributed by atoms with Gasteiger partial charge in [0.25, 0.3) is 0 Å². The Kier molecular flexibility index (Phi) is 3.82. The second kappa shape index (κ2) is 5.74. The van der Waals surface area contributed by atoms with Crippen LogP contribution in [0.25, 0.3) is 0 Å². The Labute approximate surface area is 114 Å². The van der Waals surface area contributed by atoms with E-state index >= 15 is 0 Å². The van der Waals surface area contributed by atoms with E-state index in [1.165, 1.54) is 25.7 Å². The quantitative estimate of drug-likeness (QED) is 0.841. The van der Waals surface area contributed by atoms with E-state index < -0.39 is 0 Å². The summed E-state index contributed by atoms with van der Waals surface area (Å²) in [6.45, 7) is 3.20. The Morgan fingerprint density at radius 1 is 1.37 bits per heavy atom. The molecule has 0 aromatic carbocycles. The third-order valence-corrected chi connectivity index (χ3v) is 4.39. The Morgan fingerprint density at radius 3 is 2.95 bits per heavy atom. The molecule has 2 aliphatic rings. The molecule has 1 unspecified atom stereocenters. The number of rotatable bonds is 5. The third-order valence-electron chi connectivity index (χ3n) is 4.39. The predicted molar refractivity (Wildman–Crippen MR) is 77.5 cm³/mol. The van der Waals surface area contributed by atoms with Crippen LogP contribution >= 0.6 is 0 Å². The van der Waals surface area contributed by atoms with Crippen molar-refractivity contribution in [3.05, 3.63) is 12.4 Å². The van der Waals surface area contributed by atoms with Gasteiger partial charge in [-0.15, -0.1) is 0 Å². The van der Waals surface area contributed by atoms with Gasteiger partial charge in [0.1, 0.15) is 18.0 Å². The molecule has 0 spiro atoms. The molecule has 1 aromatic heterocycles. The highest BCUT2D eigenvalue weighted by molar-refractivity contribution is 5.48. The zero-order chi connectivity index (χ0) is 13.1. The standard InChI is InChI=1S/C14H23N5/c1-19(12-5-6-15-9-12)14-7-13(17-10-18-14)16-8-11-3-2-4-11/h7,10-12,15H,2-6,8-9H2,1H3,(H,16,17,18). The molecule has 1 aliphatic heterocycles. The molecular formula is C14H23N5. The molecule has 0 radical (unpaired) electrons. The van der Waals surface area contributed by atoms with Crippen LogP contribution in [0.4, 0.5) is 11.6 Å². The third kappa shape index (κ3) is 2.97. The summed E-state index contributed by atoms with van der Waals surface area (Å²) in [5.41, 5.74) is 0. The fraction of sp³-hybridized carbons (Fsp3) is 0.714. The van der Waals surface area contributed by atoms with Crippen LogP contribution in [0.5, 0.6) is 0 Å². The lowest BCUT2D eigenvalue weighted by Crippen LogP contribution is -2.34. The molecule has 5 nitrogen and oxygen atoms in total. The molecule has 0 amide bonds. The topological polar surface area (TPSA) is 53.1 Å². The van der Waals surface area contributed by atoms with Gasteiger partial charge < -0.3 is 15.5 Å². The first-order valence-electron chi connectivity index (χ1n) is 7.32. The number of nitrogens with zero attached hydrogens (tertiary/aromatic N) is 3. The summed E-state index contributed by atoms with van der Waals surface area (Å²) >= 11 is 0. The lowest BCUT2D eigenvalue weighted by molar-refractivity contribution is 0.333. The molecule has 104 valence electrons. The molecule has 1 aliphatic carbocycles. The molecule has 1 saturated carbocycles. The minimum absolute atomic E-state index is 0.550. The maximum Gasteiger partial charge on any atom is 0.134 e. The van der Waals surface area contributed by atoms with Crippen LogP contribution in [0.15, 0.2) is 12.4 Å². The molecule has 1 atom stereocenters. The normalized spacial score (nSPS) is 23.1. The van der Waals surface area contributed by atoms with Crippen molar-refractivity contribution >= 4 is 11.6 Å². The minimum Gasteiger partial charge on any atom is -0.370 e. The van der Waals surface area contributed by atoms with E-state index in [1.807, 2.05) is 0 Å². The maximum absolute atomic E-state index is 4.39. The van der Waals surface area contributed by atoms with Crippen molar-refractivity contribution in [1.29, 1.82) is 0 Å². The fourth-order valence-corrected chi connectivity index (χ4v) is 2.74. The first kappa shape index (κ1) is 12.7. The van der Waals surface area contributed by atoms with E-state index in [0.29, 0.717) is 6.04 Å². The van der Waals surface area contributed by atoms with Gasteiger partial charge in [0.05, 0.1) is 0 Å². The van der Waals surface area contributed by atoms with Crippen molar-refractivity contribution in [1.82, 2.24) is 15.3 Å². The molecular weight excluding hydrogens is 238 g/mol. The largest absolute Gasteiger partial charge is 0.370 e. The predicted octanol–water partition coefficient (Wildman–Crippen LogP) is 1.49. The fourth-order valence-electron chi connectivity index (χ4n) is 2.74. The lowest BCUT2D eigenvalue weighted by Gasteiger charge is -2.27. The van der Waals surface area contributed by atoms with Crippen molar-refractivity contribution in [2.24, 2.45) is 5.92 Å². The van der Waals surface area contributed by atoms with Gasteiger partial charge in [0.15, 0.2) is 0 Å². The van der Waals surface area contributed by atoms with Crippen molar-refractivity contribution < 1.29 is 0 Å². The first-order valence-corrected chi connectivity index (χ1v) is 7.32. The average molecular weight is 261 g/mol. The van der Waals surface area contributed by atoms with Gasteiger partial charge in [-0.3, -0.25) is 0 Å². The summed E-state index contributed by atoms with van der Waals surface area (Å²) in [4.78, 5) is 11.0. The van der Waals surface area contributed by atoms with Crippen molar-refractivity contribution in [2.75, 3.05) is 36.9 Å². The van der Waals surface area contributed by atoms with Crippen LogP contribution in [0.2, 0.25) is 0 Å². The molecule has 2 N–H and O–H groups in total. The van der Waals surface area contributed by atoms with E-state index in [0.717, 1.165) is 37.2 Å². The van der Waals surface area contributed by atoms with E-state index in [-0.39, 0.29) is 0 Å². The molecule has 19 heavy (non-hydrogen) atoms. The van der Waals surface area contributed by atoms with Crippen LogP contribution in [0.3, 0.4) is 0 Å². The van der Waals surface area contributed by atoms with Gasteiger partial charge in [-0.1, -0.05) is 6.42 Å². The Hall–Kier alpha value is -1.36. The Balaban J connectivity index is 1.61. The van der Waals surface area contributed by atoms with E-state index in [9.17, 15) is 0 Å². The van der Waals surface area contributed by atoms with Gasteiger partial charge in [0, 0.05) is 32.2 Å². The van der Waals surface area contributed by atoms with Crippen LogP contribution in [0.1, 0.15) is 25.7 Å². The highest BCUT2D eigenvalue weighted by Crippen LogP contribution is 2.26. The summed E-state index contributed by atoms with van der Waals surface area (Å²) in [6, 6.07) is 2.62. The molecule has 3 rings (SSSR count). The first-order chi connectivity index (χ1) is 9.33. The van der Waals surface area contributed by atoms with Crippen LogP contribution in [0, 0.1) is 5.92 Å². The summed E-state index contributed by atoms with van der Waals surface area (Å²) in [5, 5.41) is 6.83. The van der Waals surface area contributed by atoms with Gasteiger partial charge >= 0.3 is 0 Å². The summed E-state index contributed by atoms with van der Waals surface area (Å²) in [7, 11) is 2.12. The van der Waals surface area contributed by atoms with Crippen LogP contribution in [-0.4, -0.2) is 42.7 Å². The van der Waals surface area contributed by atoms with Gasteiger partial charge in [-0.05, 0) is 31.7 Å². The Bertz CT molecular complexity index is 412. The molecule has 1 saturated heterocycles. The van der Waals surface area contributed by atoms with Crippen LogP contribution < -0.4 is 15.5 Å². The molecule has 2 heterocycles. The minimum atomic E-state index is 0.550. The summed E-state index contributed by atoms with van der Waals surface area (Å²) in [5.74, 6) is 2.81. The van der Waals surface area contributed by atoms with Gasteiger partial charge in [-0.2, -0.15) is 0 Å². The van der Waals surface area contributed by atoms with Crippen LogP contribution in [-0.2, 0) is 0 Å². The van der Waals surface area contributed by atoms with Crippen molar-refractivity contribution in [3.63, 3.8) is 0 Å². The Morgan fingerprint density at radius 2 is 2.26 bits per heavy atom. The monoisotopic (exact) mass is 261 g/mol. The molecule has 5 heteroatoms. The van der Waals surface area contributed by atoms with E-state index in [4.69, 9.17) is 0 Å². The number of aromatic nitrogens is 2. The molecule has 1 aromatic rings. The van der Waals surface area contributed by atoms with E-state index in [1.54, 1.807) is 6.33 Å². The summed E-state index contributed by atoms with van der Waals surface area (Å²) in [6.07, 6.45) is 6.96. The maximum atomic E-state index is 4.39. The number of likely N-dealkylation sites (N-methyl/N-ethyl adjacent to an activating group) is 1. The second-order valence-corrected chi connectivity index (χ2v) is 5.70. The summed E-state index contributed by atoms with van der Waals surface area (Å²) < 4.78 is 0. The van der Waals surface area contributed by atoms with Crippen molar-refractivity contribution in [3.8, 4) is 0 Å². The zero-order valence-corrected chi connectivity index (χ0v) is 11.6. The van der Waals surface area contributed by atoms with E-state index in [2.05, 4.69) is 38.6 Å². The van der Waals surface area contributed by atoms with Crippen molar-refractivity contribution in [2.45, 2.75) is 31.7 Å². The average Bonchev–Trinajstić information content (AvgIpc) is 2.90. The number of nitrogens with one attached hydrogen (secondary N) is 2. The smallest absolute Gasteiger partial charge is 0.134 e. The number of anilines is 2. The second-order valence-electron chi connectivity index (χ2n) is 5.70. The number of hydrogen-bond donors (Lipinski definition) is 2. The number of hydrogen-bond acceptors (Lipinski definition) is 5. The van der Waals surface area contributed by atoms with Gasteiger partial charge in [0.2, 0.25) is 0 Å². The molecule has 0 bridgehead atoms. The lowest BCUT2D eigenvalue weighted by atomic mass is 9.85. The highest BCUT2D eigenvalue weighted by atomic mass is 15.2. The zero-order valence-electron chi connectivity index (χ0n) is 11.6. The molecule has 2 fully saturated rings.